The van der Waals surface area contributed by atoms with Gasteiger partial charge in [-0.1, -0.05) is 18.2 Å². The van der Waals surface area contributed by atoms with Crippen LogP contribution in [0.3, 0.4) is 0 Å². The van der Waals surface area contributed by atoms with Gasteiger partial charge in [-0.25, -0.2) is 13.4 Å². The van der Waals surface area contributed by atoms with Gasteiger partial charge in [0.05, 0.1) is 23.0 Å². The summed E-state index contributed by atoms with van der Waals surface area (Å²) in [5, 5.41) is 13.7. The van der Waals surface area contributed by atoms with Crippen LogP contribution in [-0.4, -0.2) is 48.9 Å². The van der Waals surface area contributed by atoms with Crippen molar-refractivity contribution in [3.05, 3.63) is 58.3 Å². The van der Waals surface area contributed by atoms with Gasteiger partial charge in [-0.2, -0.15) is 4.31 Å². The minimum Gasteiger partial charge on any atom is -0.379 e. The van der Waals surface area contributed by atoms with Crippen LogP contribution in [0.2, 0.25) is 0 Å². The van der Waals surface area contributed by atoms with Crippen LogP contribution in [0, 0.1) is 10.1 Å². The number of sulfonamides is 1. The molecule has 0 spiro atoms. The van der Waals surface area contributed by atoms with Crippen LogP contribution in [0.25, 0.3) is 0 Å². The molecule has 138 valence electrons. The minimum atomic E-state index is -3.61. The number of hydrogen-bond donors (Lipinski definition) is 1. The molecule has 2 aromatic rings. The Kier molecular flexibility index (Phi) is 5.45. The molecule has 10 heteroatoms. The van der Waals surface area contributed by atoms with Gasteiger partial charge in [0.15, 0.2) is 0 Å². The highest BCUT2D eigenvalue weighted by atomic mass is 32.2. The van der Waals surface area contributed by atoms with Gasteiger partial charge in [0.2, 0.25) is 10.0 Å². The van der Waals surface area contributed by atoms with Crippen LogP contribution >= 0.6 is 0 Å². The zero-order chi connectivity index (χ0) is 18.6. The third kappa shape index (κ3) is 3.98. The van der Waals surface area contributed by atoms with Crippen molar-refractivity contribution in [1.82, 2.24) is 9.29 Å². The number of aromatic nitrogens is 1. The van der Waals surface area contributed by atoms with E-state index in [1.54, 1.807) is 24.3 Å². The van der Waals surface area contributed by atoms with E-state index in [0.717, 1.165) is 6.20 Å². The lowest BCUT2D eigenvalue weighted by Crippen LogP contribution is -2.41. The molecule has 0 atom stereocenters. The fourth-order valence-corrected chi connectivity index (χ4v) is 4.24. The van der Waals surface area contributed by atoms with E-state index in [-0.39, 0.29) is 17.1 Å². The maximum atomic E-state index is 12.9. The summed E-state index contributed by atoms with van der Waals surface area (Å²) in [6.07, 6.45) is 1.15. The minimum absolute atomic E-state index is 0.106. The van der Waals surface area contributed by atoms with Crippen molar-refractivity contribution in [2.24, 2.45) is 0 Å². The number of morpholine rings is 1. The summed E-state index contributed by atoms with van der Waals surface area (Å²) in [5.74, 6) is 0.425. The molecular formula is C16H18N4O5S. The van der Waals surface area contributed by atoms with Gasteiger partial charge in [-0.05, 0) is 17.7 Å². The average molecular weight is 378 g/mol. The number of benzene rings is 1. The Balaban J connectivity index is 1.77. The summed E-state index contributed by atoms with van der Waals surface area (Å²) in [6, 6.07) is 9.57. The Morgan fingerprint density at radius 1 is 1.19 bits per heavy atom. The summed E-state index contributed by atoms with van der Waals surface area (Å²) in [7, 11) is -3.61. The van der Waals surface area contributed by atoms with E-state index in [1.165, 1.54) is 16.4 Å². The first-order chi connectivity index (χ1) is 12.5. The highest BCUT2D eigenvalue weighted by Crippen LogP contribution is 2.22. The number of rotatable bonds is 6. The zero-order valence-electron chi connectivity index (χ0n) is 13.9. The molecule has 1 aliphatic heterocycles. The molecule has 3 rings (SSSR count). The van der Waals surface area contributed by atoms with Gasteiger partial charge in [0.25, 0.3) is 5.69 Å². The van der Waals surface area contributed by atoms with Gasteiger partial charge in [-0.15, -0.1) is 0 Å². The topological polar surface area (TPSA) is 115 Å². The summed E-state index contributed by atoms with van der Waals surface area (Å²) in [6.45, 7) is 1.64. The summed E-state index contributed by atoms with van der Waals surface area (Å²) < 4.78 is 32.4. The molecule has 0 radical (unpaired) electrons. The molecule has 0 unspecified atom stereocenters. The predicted octanol–water partition coefficient (Wildman–Crippen LogP) is 1.62. The smallest absolute Gasteiger partial charge is 0.287 e. The number of anilines is 1. The number of nitrogens with one attached hydrogen (secondary N) is 1. The van der Waals surface area contributed by atoms with Crippen LogP contribution in [0.1, 0.15) is 5.56 Å². The first-order valence-corrected chi connectivity index (χ1v) is 9.42. The Bertz CT molecular complexity index is 880. The lowest BCUT2D eigenvalue weighted by molar-refractivity contribution is -0.385. The maximum absolute atomic E-state index is 12.9. The van der Waals surface area contributed by atoms with Crippen LogP contribution in [0.15, 0.2) is 47.5 Å². The SMILES string of the molecule is O=[N+]([O-])c1ccc(NCc2ccccc2S(=O)(=O)N2CCOCC2)nc1. The fourth-order valence-electron chi connectivity index (χ4n) is 2.61. The molecule has 1 aliphatic rings. The number of pyridine rings is 1. The Morgan fingerprint density at radius 3 is 2.58 bits per heavy atom. The van der Waals surface area contributed by atoms with Crippen LogP contribution < -0.4 is 5.32 Å². The second kappa shape index (κ2) is 7.77. The molecule has 1 fully saturated rings. The van der Waals surface area contributed by atoms with E-state index in [9.17, 15) is 18.5 Å². The van der Waals surface area contributed by atoms with E-state index in [0.29, 0.717) is 37.7 Å². The first-order valence-electron chi connectivity index (χ1n) is 7.98. The number of nitrogens with zero attached hydrogens (tertiary/aromatic N) is 3. The van der Waals surface area contributed by atoms with Gasteiger partial charge < -0.3 is 10.1 Å². The van der Waals surface area contributed by atoms with Crippen molar-refractivity contribution in [3.8, 4) is 0 Å². The highest BCUT2D eigenvalue weighted by Gasteiger charge is 2.28. The number of ether oxygens (including phenoxy) is 1. The van der Waals surface area contributed by atoms with E-state index in [1.807, 2.05) is 0 Å². The molecule has 0 bridgehead atoms. The standard InChI is InChI=1S/C16H18N4O5S/c21-20(22)14-5-6-16(18-12-14)17-11-13-3-1-2-4-15(13)26(23,24)19-7-9-25-10-8-19/h1-6,12H,7-11H2,(H,17,18). The predicted molar refractivity (Wildman–Crippen MR) is 94.2 cm³/mol. The van der Waals surface area contributed by atoms with Gasteiger partial charge in [0.1, 0.15) is 12.0 Å². The third-order valence-corrected chi connectivity index (χ3v) is 5.98. The van der Waals surface area contributed by atoms with Crippen molar-refractivity contribution in [2.45, 2.75) is 11.4 Å². The molecule has 9 nitrogen and oxygen atoms in total. The van der Waals surface area contributed by atoms with Crippen molar-refractivity contribution in [2.75, 3.05) is 31.6 Å². The molecule has 0 aliphatic carbocycles. The third-order valence-electron chi connectivity index (χ3n) is 3.98. The molecular weight excluding hydrogens is 360 g/mol. The van der Waals surface area contributed by atoms with E-state index in [4.69, 9.17) is 4.74 Å². The zero-order valence-corrected chi connectivity index (χ0v) is 14.7. The first kappa shape index (κ1) is 18.2. The van der Waals surface area contributed by atoms with Crippen molar-refractivity contribution < 1.29 is 18.1 Å². The monoisotopic (exact) mass is 378 g/mol. The number of hydrogen-bond acceptors (Lipinski definition) is 7. The molecule has 1 aromatic heterocycles. The summed E-state index contributed by atoms with van der Waals surface area (Å²) in [5.41, 5.74) is 0.491. The lowest BCUT2D eigenvalue weighted by Gasteiger charge is -2.27. The maximum Gasteiger partial charge on any atom is 0.287 e. The fraction of sp³-hybridized carbons (Fsp3) is 0.312. The van der Waals surface area contributed by atoms with Crippen molar-refractivity contribution in [3.63, 3.8) is 0 Å². The van der Waals surface area contributed by atoms with Crippen LogP contribution in [0.4, 0.5) is 11.5 Å². The van der Waals surface area contributed by atoms with E-state index < -0.39 is 14.9 Å². The van der Waals surface area contributed by atoms with Crippen LogP contribution in [0.5, 0.6) is 0 Å². The second-order valence-electron chi connectivity index (χ2n) is 5.64. The largest absolute Gasteiger partial charge is 0.379 e. The molecule has 0 saturated carbocycles. The average Bonchev–Trinajstić information content (AvgIpc) is 2.67. The number of nitro groups is 1. The highest BCUT2D eigenvalue weighted by molar-refractivity contribution is 7.89. The molecule has 1 N–H and O–H groups in total. The quantitative estimate of drug-likeness (QED) is 0.600. The molecule has 2 heterocycles. The van der Waals surface area contributed by atoms with Gasteiger partial charge in [0, 0.05) is 25.7 Å². The Morgan fingerprint density at radius 2 is 1.92 bits per heavy atom. The van der Waals surface area contributed by atoms with E-state index in [2.05, 4.69) is 10.3 Å². The molecule has 0 amide bonds. The van der Waals surface area contributed by atoms with Crippen molar-refractivity contribution in [1.29, 1.82) is 0 Å². The van der Waals surface area contributed by atoms with E-state index >= 15 is 0 Å². The Labute approximate surface area is 150 Å². The summed E-state index contributed by atoms with van der Waals surface area (Å²) in [4.78, 5) is 14.3. The molecule has 1 aromatic carbocycles. The normalized spacial score (nSPS) is 15.5. The summed E-state index contributed by atoms with van der Waals surface area (Å²) >= 11 is 0. The van der Waals surface area contributed by atoms with Gasteiger partial charge >= 0.3 is 0 Å². The molecule has 26 heavy (non-hydrogen) atoms. The lowest BCUT2D eigenvalue weighted by atomic mass is 10.2. The van der Waals surface area contributed by atoms with Crippen molar-refractivity contribution >= 4 is 21.5 Å². The Hall–Kier alpha value is -2.56. The van der Waals surface area contributed by atoms with Gasteiger partial charge in [-0.3, -0.25) is 10.1 Å². The van der Waals surface area contributed by atoms with Crippen LogP contribution in [-0.2, 0) is 21.3 Å². The molecule has 1 saturated heterocycles. The second-order valence-corrected chi connectivity index (χ2v) is 7.54.